The molecule has 1 aromatic carbocycles. The predicted molar refractivity (Wildman–Crippen MR) is 70.5 cm³/mol. The second-order valence-corrected chi connectivity index (χ2v) is 5.45. The summed E-state index contributed by atoms with van der Waals surface area (Å²) in [6, 6.07) is 7.83. The van der Waals surface area contributed by atoms with Crippen molar-refractivity contribution in [2.45, 2.75) is 31.2 Å². The van der Waals surface area contributed by atoms with Gasteiger partial charge in [0.2, 0.25) is 5.91 Å². The summed E-state index contributed by atoms with van der Waals surface area (Å²) in [5, 5.41) is 0.246. The Balaban J connectivity index is 2.23. The number of nitrogens with zero attached hydrogens (tertiary/aromatic N) is 1. The van der Waals surface area contributed by atoms with E-state index < -0.39 is 5.38 Å². The van der Waals surface area contributed by atoms with Gasteiger partial charge in [-0.1, -0.05) is 23.7 Å². The zero-order valence-electron chi connectivity index (χ0n) is 9.70. The molecule has 1 fully saturated rings. The zero-order valence-corrected chi connectivity index (χ0v) is 11.2. The molecule has 1 heterocycles. The molecular weight excluding hydrogens is 257 g/mol. The Labute approximate surface area is 112 Å². The van der Waals surface area contributed by atoms with Crippen LogP contribution < -0.4 is 0 Å². The molecule has 0 radical (unpaired) electrons. The van der Waals surface area contributed by atoms with E-state index in [-0.39, 0.29) is 11.9 Å². The Morgan fingerprint density at radius 2 is 2.29 bits per heavy atom. The fourth-order valence-corrected chi connectivity index (χ4v) is 2.64. The Bertz CT molecular complexity index is 420. The van der Waals surface area contributed by atoms with Gasteiger partial charge >= 0.3 is 0 Å². The number of likely N-dealkylation sites (tertiary alicyclic amines) is 1. The van der Waals surface area contributed by atoms with Crippen molar-refractivity contribution in [1.29, 1.82) is 0 Å². The van der Waals surface area contributed by atoms with Gasteiger partial charge in [-0.3, -0.25) is 4.79 Å². The van der Waals surface area contributed by atoms with Crippen molar-refractivity contribution in [2.24, 2.45) is 0 Å². The van der Waals surface area contributed by atoms with Gasteiger partial charge in [0.25, 0.3) is 0 Å². The summed E-state index contributed by atoms with van der Waals surface area (Å²) < 4.78 is 0. The SMILES string of the molecule is CC(Cl)C(=O)N1CCCC1c1cccc(Cl)c1. The molecular formula is C13H15Cl2NO. The number of halogens is 2. The lowest BCUT2D eigenvalue weighted by molar-refractivity contribution is -0.131. The number of hydrogen-bond donors (Lipinski definition) is 0. The second kappa shape index (κ2) is 5.28. The molecule has 2 unspecified atom stereocenters. The van der Waals surface area contributed by atoms with E-state index in [9.17, 15) is 4.79 Å². The van der Waals surface area contributed by atoms with Crippen LogP contribution in [-0.4, -0.2) is 22.7 Å². The van der Waals surface area contributed by atoms with Gasteiger partial charge in [0.05, 0.1) is 6.04 Å². The third-order valence-electron chi connectivity index (χ3n) is 3.11. The van der Waals surface area contributed by atoms with Crippen LogP contribution in [0.1, 0.15) is 31.4 Å². The lowest BCUT2D eigenvalue weighted by atomic mass is 10.0. The summed E-state index contributed by atoms with van der Waals surface area (Å²) in [6.07, 6.45) is 2.00. The first-order chi connectivity index (χ1) is 8.09. The van der Waals surface area contributed by atoms with Crippen molar-refractivity contribution in [1.82, 2.24) is 4.90 Å². The number of carbonyl (C=O) groups is 1. The molecule has 2 rings (SSSR count). The Hall–Kier alpha value is -0.730. The van der Waals surface area contributed by atoms with Crippen LogP contribution in [0, 0.1) is 0 Å². The normalized spacial score (nSPS) is 21.6. The summed E-state index contributed by atoms with van der Waals surface area (Å²) in [4.78, 5) is 13.8. The van der Waals surface area contributed by atoms with E-state index in [1.165, 1.54) is 0 Å². The summed E-state index contributed by atoms with van der Waals surface area (Å²) in [7, 11) is 0. The lowest BCUT2D eigenvalue weighted by Gasteiger charge is -2.26. The molecule has 1 saturated heterocycles. The molecule has 1 amide bonds. The fraction of sp³-hybridized carbons (Fsp3) is 0.462. The van der Waals surface area contributed by atoms with Crippen LogP contribution in [0.5, 0.6) is 0 Å². The van der Waals surface area contributed by atoms with Crippen molar-refractivity contribution in [3.63, 3.8) is 0 Å². The number of benzene rings is 1. The van der Waals surface area contributed by atoms with Crippen LogP contribution in [0.4, 0.5) is 0 Å². The fourth-order valence-electron chi connectivity index (χ4n) is 2.32. The van der Waals surface area contributed by atoms with Crippen LogP contribution in [0.3, 0.4) is 0 Å². The van der Waals surface area contributed by atoms with E-state index in [1.54, 1.807) is 6.92 Å². The van der Waals surface area contributed by atoms with Crippen molar-refractivity contribution < 1.29 is 4.79 Å². The van der Waals surface area contributed by atoms with Crippen LogP contribution in [0.2, 0.25) is 5.02 Å². The molecule has 2 nitrogen and oxygen atoms in total. The summed E-state index contributed by atoms with van der Waals surface area (Å²) in [6.45, 7) is 2.50. The molecule has 17 heavy (non-hydrogen) atoms. The van der Waals surface area contributed by atoms with Crippen molar-refractivity contribution in [2.75, 3.05) is 6.54 Å². The first-order valence-corrected chi connectivity index (χ1v) is 6.61. The second-order valence-electron chi connectivity index (χ2n) is 4.36. The van der Waals surface area contributed by atoms with Gasteiger partial charge in [0, 0.05) is 11.6 Å². The number of hydrogen-bond acceptors (Lipinski definition) is 1. The first kappa shape index (κ1) is 12.7. The summed E-state index contributed by atoms with van der Waals surface area (Å²) in [5.41, 5.74) is 1.10. The average molecular weight is 272 g/mol. The molecule has 1 aliphatic heterocycles. The van der Waals surface area contributed by atoms with E-state index in [0.717, 1.165) is 24.9 Å². The highest BCUT2D eigenvalue weighted by Crippen LogP contribution is 2.33. The minimum absolute atomic E-state index is 0.00846. The molecule has 0 spiro atoms. The third-order valence-corrected chi connectivity index (χ3v) is 3.53. The molecule has 4 heteroatoms. The van der Waals surface area contributed by atoms with Crippen LogP contribution in [0.15, 0.2) is 24.3 Å². The van der Waals surface area contributed by atoms with Crippen LogP contribution >= 0.6 is 23.2 Å². The van der Waals surface area contributed by atoms with Crippen molar-refractivity contribution in [3.8, 4) is 0 Å². The number of amides is 1. The molecule has 0 aliphatic carbocycles. The highest BCUT2D eigenvalue weighted by molar-refractivity contribution is 6.31. The maximum atomic E-state index is 12.0. The summed E-state index contributed by atoms with van der Waals surface area (Å²) >= 11 is 11.9. The summed E-state index contributed by atoms with van der Waals surface area (Å²) in [5.74, 6) is 0.00846. The molecule has 0 saturated carbocycles. The largest absolute Gasteiger partial charge is 0.334 e. The number of alkyl halides is 1. The topological polar surface area (TPSA) is 20.3 Å². The third kappa shape index (κ3) is 2.75. The van der Waals surface area contributed by atoms with E-state index in [0.29, 0.717) is 5.02 Å². The van der Waals surface area contributed by atoms with E-state index in [2.05, 4.69) is 0 Å². The van der Waals surface area contributed by atoms with Gasteiger partial charge in [-0.25, -0.2) is 0 Å². The minimum Gasteiger partial charge on any atom is -0.334 e. The van der Waals surface area contributed by atoms with Gasteiger partial charge in [-0.2, -0.15) is 0 Å². The van der Waals surface area contributed by atoms with E-state index >= 15 is 0 Å². The lowest BCUT2D eigenvalue weighted by Crippen LogP contribution is -2.35. The molecule has 0 bridgehead atoms. The van der Waals surface area contributed by atoms with Gasteiger partial charge in [0.15, 0.2) is 0 Å². The quantitative estimate of drug-likeness (QED) is 0.753. The predicted octanol–water partition coefficient (Wildman–Crippen LogP) is 3.63. The number of carbonyl (C=O) groups excluding carboxylic acids is 1. The van der Waals surface area contributed by atoms with E-state index in [4.69, 9.17) is 23.2 Å². The maximum Gasteiger partial charge on any atom is 0.240 e. The molecule has 1 aliphatic rings. The molecule has 1 aromatic rings. The van der Waals surface area contributed by atoms with Crippen LogP contribution in [0.25, 0.3) is 0 Å². The molecule has 0 N–H and O–H groups in total. The molecule has 2 atom stereocenters. The minimum atomic E-state index is -0.463. The maximum absolute atomic E-state index is 12.0. The van der Waals surface area contributed by atoms with Gasteiger partial charge < -0.3 is 4.90 Å². The highest BCUT2D eigenvalue weighted by atomic mass is 35.5. The smallest absolute Gasteiger partial charge is 0.240 e. The van der Waals surface area contributed by atoms with Gasteiger partial charge in [-0.05, 0) is 37.5 Å². The van der Waals surface area contributed by atoms with Crippen molar-refractivity contribution in [3.05, 3.63) is 34.9 Å². The van der Waals surface area contributed by atoms with Crippen molar-refractivity contribution >= 4 is 29.1 Å². The average Bonchev–Trinajstić information content (AvgIpc) is 2.76. The standard InChI is InChI=1S/C13H15Cl2NO/c1-9(14)13(17)16-7-3-6-12(16)10-4-2-5-11(15)8-10/h2,4-5,8-9,12H,3,6-7H2,1H3. The first-order valence-electron chi connectivity index (χ1n) is 5.79. The van der Waals surface area contributed by atoms with Gasteiger partial charge in [-0.15, -0.1) is 11.6 Å². The van der Waals surface area contributed by atoms with Crippen LogP contribution in [-0.2, 0) is 4.79 Å². The molecule has 0 aromatic heterocycles. The zero-order chi connectivity index (χ0) is 12.4. The Kier molecular flexibility index (Phi) is 3.95. The van der Waals surface area contributed by atoms with E-state index in [1.807, 2.05) is 29.2 Å². The highest BCUT2D eigenvalue weighted by Gasteiger charge is 2.31. The van der Waals surface area contributed by atoms with Gasteiger partial charge in [0.1, 0.15) is 5.38 Å². The monoisotopic (exact) mass is 271 g/mol. The molecule has 92 valence electrons. The Morgan fingerprint density at radius 3 is 2.94 bits per heavy atom. The Morgan fingerprint density at radius 1 is 1.53 bits per heavy atom. The number of rotatable bonds is 2.